The van der Waals surface area contributed by atoms with Crippen molar-refractivity contribution in [1.82, 2.24) is 10.3 Å². The highest BCUT2D eigenvalue weighted by molar-refractivity contribution is 5.94. The molecule has 0 aliphatic heterocycles. The molecule has 0 saturated heterocycles. The van der Waals surface area contributed by atoms with E-state index in [1.807, 2.05) is 31.2 Å². The maximum absolute atomic E-state index is 12.5. The van der Waals surface area contributed by atoms with Crippen molar-refractivity contribution in [2.24, 2.45) is 0 Å². The summed E-state index contributed by atoms with van der Waals surface area (Å²) in [6.07, 6.45) is 5.68. The number of carbonyl (C=O) groups excluding carboxylic acids is 1. The second-order valence-corrected chi connectivity index (χ2v) is 8.33. The maximum atomic E-state index is 12.5. The number of pyridine rings is 1. The van der Waals surface area contributed by atoms with Crippen LogP contribution in [0.25, 0.3) is 0 Å². The van der Waals surface area contributed by atoms with Crippen molar-refractivity contribution >= 4 is 11.6 Å². The summed E-state index contributed by atoms with van der Waals surface area (Å²) in [6.45, 7) is 6.17. The summed E-state index contributed by atoms with van der Waals surface area (Å²) < 4.78 is 0. The molecule has 1 heterocycles. The minimum atomic E-state index is -0.0349. The minimum absolute atomic E-state index is 0.0349. The summed E-state index contributed by atoms with van der Waals surface area (Å²) in [6, 6.07) is 12.7. The van der Waals surface area contributed by atoms with E-state index in [0.29, 0.717) is 17.5 Å². The van der Waals surface area contributed by atoms with Gasteiger partial charge in [-0.25, -0.2) is 0 Å². The molecule has 5 nitrogen and oxygen atoms in total. The van der Waals surface area contributed by atoms with E-state index >= 15 is 0 Å². The van der Waals surface area contributed by atoms with Crippen LogP contribution in [0.4, 0.5) is 5.69 Å². The molecule has 1 aliphatic carbocycles. The van der Waals surface area contributed by atoms with Gasteiger partial charge in [0, 0.05) is 36.7 Å². The van der Waals surface area contributed by atoms with Crippen molar-refractivity contribution in [2.75, 3.05) is 11.9 Å². The van der Waals surface area contributed by atoms with Gasteiger partial charge in [-0.05, 0) is 74.4 Å². The molecule has 3 rings (SSSR count). The van der Waals surface area contributed by atoms with Gasteiger partial charge in [-0.3, -0.25) is 9.78 Å². The van der Waals surface area contributed by atoms with Crippen LogP contribution in [-0.2, 0) is 0 Å². The minimum Gasteiger partial charge on any atom is -0.372 e. The van der Waals surface area contributed by atoms with Crippen molar-refractivity contribution in [3.63, 3.8) is 0 Å². The number of aromatic nitrogens is 1. The molecular weight excluding hydrogens is 360 g/mol. The highest BCUT2D eigenvalue weighted by atomic mass is 16.1. The largest absolute Gasteiger partial charge is 0.372 e. The molecule has 1 aliphatic rings. The number of nitrogens with zero attached hydrogens (tertiary/aromatic N) is 3. The molecular formula is C24H30N4O. The van der Waals surface area contributed by atoms with Crippen molar-refractivity contribution in [1.29, 1.82) is 5.26 Å². The first-order chi connectivity index (χ1) is 13.9. The summed E-state index contributed by atoms with van der Waals surface area (Å²) in [5.41, 5.74) is 4.51. The van der Waals surface area contributed by atoms with Gasteiger partial charge >= 0.3 is 0 Å². The van der Waals surface area contributed by atoms with Crippen LogP contribution in [0.2, 0.25) is 0 Å². The molecule has 1 N–H and O–H groups in total. The predicted octanol–water partition coefficient (Wildman–Crippen LogP) is 4.56. The second-order valence-electron chi connectivity index (χ2n) is 8.33. The molecule has 0 unspecified atom stereocenters. The molecule has 152 valence electrons. The topological polar surface area (TPSA) is 69.0 Å². The summed E-state index contributed by atoms with van der Waals surface area (Å²) in [5.74, 6) is 0.326. The Morgan fingerprint density at radius 2 is 1.93 bits per heavy atom. The monoisotopic (exact) mass is 390 g/mol. The zero-order chi connectivity index (χ0) is 21.0. The highest BCUT2D eigenvalue weighted by Crippen LogP contribution is 2.28. The van der Waals surface area contributed by atoms with Crippen LogP contribution in [0.1, 0.15) is 72.6 Å². The van der Waals surface area contributed by atoms with Gasteiger partial charge in [-0.2, -0.15) is 5.26 Å². The Labute approximate surface area is 173 Å². The third kappa shape index (κ3) is 4.95. The summed E-state index contributed by atoms with van der Waals surface area (Å²) in [4.78, 5) is 19.2. The van der Waals surface area contributed by atoms with Gasteiger partial charge in [0.05, 0.1) is 17.2 Å². The van der Waals surface area contributed by atoms with Crippen LogP contribution in [0.3, 0.4) is 0 Å². The van der Waals surface area contributed by atoms with Gasteiger partial charge in [-0.1, -0.05) is 13.8 Å². The first-order valence-corrected chi connectivity index (χ1v) is 10.4. The Hall–Kier alpha value is -2.87. The predicted molar refractivity (Wildman–Crippen MR) is 116 cm³/mol. The molecule has 1 fully saturated rings. The molecule has 0 bridgehead atoms. The Kier molecular flexibility index (Phi) is 6.53. The Bertz CT molecular complexity index is 890. The van der Waals surface area contributed by atoms with Crippen molar-refractivity contribution in [3.8, 4) is 6.07 Å². The fourth-order valence-electron chi connectivity index (χ4n) is 3.96. The summed E-state index contributed by atoms with van der Waals surface area (Å²) in [7, 11) is 2.12. The zero-order valence-electron chi connectivity index (χ0n) is 17.8. The van der Waals surface area contributed by atoms with Crippen LogP contribution in [0.15, 0.2) is 36.5 Å². The number of anilines is 1. The SMILES string of the molecule is Cc1cc(N(C)C2CCC(NC(=O)c3ccc(C(C)C)nc3)CC2)ccc1C#N. The van der Waals surface area contributed by atoms with E-state index in [0.717, 1.165) is 48.2 Å². The van der Waals surface area contributed by atoms with Crippen LogP contribution < -0.4 is 10.2 Å². The Balaban J connectivity index is 1.54. The molecule has 1 saturated carbocycles. The van der Waals surface area contributed by atoms with E-state index < -0.39 is 0 Å². The van der Waals surface area contributed by atoms with Gasteiger partial charge in [0.25, 0.3) is 5.91 Å². The third-order valence-electron chi connectivity index (χ3n) is 5.96. The first-order valence-electron chi connectivity index (χ1n) is 10.4. The number of aryl methyl sites for hydroxylation is 1. The number of hydrogen-bond acceptors (Lipinski definition) is 4. The number of rotatable bonds is 5. The first kappa shape index (κ1) is 20.9. The zero-order valence-corrected chi connectivity index (χ0v) is 17.8. The second kappa shape index (κ2) is 9.09. The van der Waals surface area contributed by atoms with Crippen LogP contribution in [0.5, 0.6) is 0 Å². The van der Waals surface area contributed by atoms with Gasteiger partial charge in [0.2, 0.25) is 0 Å². The molecule has 0 atom stereocenters. The van der Waals surface area contributed by atoms with Crippen LogP contribution >= 0.6 is 0 Å². The van der Waals surface area contributed by atoms with Gasteiger partial charge < -0.3 is 10.2 Å². The van der Waals surface area contributed by atoms with Crippen molar-refractivity contribution in [3.05, 3.63) is 58.9 Å². The van der Waals surface area contributed by atoms with Gasteiger partial charge in [0.15, 0.2) is 0 Å². The fourth-order valence-corrected chi connectivity index (χ4v) is 3.96. The standard InChI is InChI=1S/C24H30N4O/c1-16(2)23-12-6-19(15-26-23)24(29)27-20-7-10-21(11-8-20)28(4)22-9-5-18(14-25)17(3)13-22/h5-6,9,12-13,15-16,20-21H,7-8,10-11H2,1-4H3,(H,27,29). The lowest BCUT2D eigenvalue weighted by atomic mass is 9.89. The van der Waals surface area contributed by atoms with E-state index in [-0.39, 0.29) is 11.9 Å². The molecule has 5 heteroatoms. The molecule has 0 spiro atoms. The molecule has 1 aromatic heterocycles. The van der Waals surface area contributed by atoms with E-state index in [2.05, 4.69) is 48.2 Å². The molecule has 1 aromatic carbocycles. The lowest BCUT2D eigenvalue weighted by molar-refractivity contribution is 0.0925. The molecule has 1 amide bonds. The maximum Gasteiger partial charge on any atom is 0.253 e. The lowest BCUT2D eigenvalue weighted by Crippen LogP contribution is -2.43. The average molecular weight is 391 g/mol. The summed E-state index contributed by atoms with van der Waals surface area (Å²) in [5, 5.41) is 12.3. The number of nitrogens with one attached hydrogen (secondary N) is 1. The highest BCUT2D eigenvalue weighted by Gasteiger charge is 2.25. The van der Waals surface area contributed by atoms with E-state index in [1.54, 1.807) is 6.20 Å². The number of hydrogen-bond donors (Lipinski definition) is 1. The smallest absolute Gasteiger partial charge is 0.253 e. The normalized spacial score (nSPS) is 18.9. The van der Waals surface area contributed by atoms with Crippen LogP contribution in [-0.4, -0.2) is 30.0 Å². The molecule has 0 radical (unpaired) electrons. The number of benzene rings is 1. The van der Waals surface area contributed by atoms with Gasteiger partial charge in [-0.15, -0.1) is 0 Å². The quantitative estimate of drug-likeness (QED) is 0.812. The number of carbonyl (C=O) groups is 1. The molecule has 29 heavy (non-hydrogen) atoms. The van der Waals surface area contributed by atoms with E-state index in [1.165, 1.54) is 0 Å². The fraction of sp³-hybridized carbons (Fsp3) is 0.458. The Morgan fingerprint density at radius 3 is 2.48 bits per heavy atom. The van der Waals surface area contributed by atoms with E-state index in [9.17, 15) is 4.79 Å². The summed E-state index contributed by atoms with van der Waals surface area (Å²) >= 11 is 0. The number of amides is 1. The van der Waals surface area contributed by atoms with Crippen molar-refractivity contribution in [2.45, 2.75) is 64.5 Å². The van der Waals surface area contributed by atoms with Gasteiger partial charge in [0.1, 0.15) is 0 Å². The van der Waals surface area contributed by atoms with E-state index in [4.69, 9.17) is 5.26 Å². The third-order valence-corrected chi connectivity index (χ3v) is 5.96. The van der Waals surface area contributed by atoms with Crippen LogP contribution in [0, 0.1) is 18.3 Å². The van der Waals surface area contributed by atoms with Crippen molar-refractivity contribution < 1.29 is 4.79 Å². The molecule has 2 aromatic rings. The lowest BCUT2D eigenvalue weighted by Gasteiger charge is -2.36. The Morgan fingerprint density at radius 1 is 1.21 bits per heavy atom. The average Bonchev–Trinajstić information content (AvgIpc) is 2.73. The number of nitriles is 1.